The first-order chi connectivity index (χ1) is 24.4. The fraction of sp³-hybridized carbons (Fsp3) is 0.450. The van der Waals surface area contributed by atoms with Crippen molar-refractivity contribution >= 4 is 53.7 Å². The fourth-order valence-corrected chi connectivity index (χ4v) is 11.1. The summed E-state index contributed by atoms with van der Waals surface area (Å²) in [5, 5.41) is 2.60. The van der Waals surface area contributed by atoms with Crippen LogP contribution in [0.2, 0.25) is 24.3 Å². The van der Waals surface area contributed by atoms with E-state index in [-0.39, 0.29) is 30.3 Å². The number of hydrogen-bond acceptors (Lipinski definition) is 6. The summed E-state index contributed by atoms with van der Waals surface area (Å²) in [5.74, 6) is 1.99. The van der Waals surface area contributed by atoms with Crippen molar-refractivity contribution in [2.24, 2.45) is 5.92 Å². The van der Waals surface area contributed by atoms with Gasteiger partial charge in [-0.15, -0.1) is 0 Å². The SMILES string of the molecule is CC(C)(C)OC(=O)N1C[Si](C)(C)CC1c1nc2c(ccc3cc(-c4ccc(-c5nc(C6CC7CC7N6C(=O)OC(C)(C)C)[nH]c5Cl)cc4)ccc32)[nH]1. The lowest BCUT2D eigenvalue weighted by molar-refractivity contribution is 0.0173. The number of carbonyl (C=O) groups excluding carboxylic acids is 2. The lowest BCUT2D eigenvalue weighted by atomic mass is 9.99. The van der Waals surface area contributed by atoms with Gasteiger partial charge in [-0.2, -0.15) is 0 Å². The van der Waals surface area contributed by atoms with Crippen molar-refractivity contribution < 1.29 is 19.1 Å². The van der Waals surface area contributed by atoms with Crippen LogP contribution in [0.5, 0.6) is 0 Å². The lowest BCUT2D eigenvalue weighted by Gasteiger charge is -2.29. The molecule has 2 N–H and O–H groups in total. The molecule has 0 spiro atoms. The van der Waals surface area contributed by atoms with Crippen LogP contribution in [-0.4, -0.2) is 73.4 Å². The van der Waals surface area contributed by atoms with Crippen LogP contribution in [0.15, 0.2) is 54.6 Å². The van der Waals surface area contributed by atoms with Gasteiger partial charge < -0.3 is 24.3 Å². The van der Waals surface area contributed by atoms with E-state index in [4.69, 9.17) is 31.0 Å². The third-order valence-corrected chi connectivity index (χ3v) is 13.3. The number of rotatable bonds is 4. The second-order valence-corrected chi connectivity index (χ2v) is 23.0. The highest BCUT2D eigenvalue weighted by atomic mass is 35.5. The number of benzene rings is 3. The topological polar surface area (TPSA) is 116 Å². The van der Waals surface area contributed by atoms with E-state index in [0.29, 0.717) is 22.6 Å². The largest absolute Gasteiger partial charge is 0.444 e. The van der Waals surface area contributed by atoms with E-state index in [1.54, 1.807) is 0 Å². The molecule has 8 rings (SSSR count). The molecule has 3 aliphatic rings. The Bertz CT molecular complexity index is 2220. The molecule has 0 radical (unpaired) electrons. The van der Waals surface area contributed by atoms with Crippen LogP contribution in [0.4, 0.5) is 9.59 Å². The summed E-state index contributed by atoms with van der Waals surface area (Å²) in [5.41, 5.74) is 4.45. The van der Waals surface area contributed by atoms with Gasteiger partial charge >= 0.3 is 12.2 Å². The van der Waals surface area contributed by atoms with Gasteiger partial charge in [-0.1, -0.05) is 67.2 Å². The maximum Gasteiger partial charge on any atom is 0.411 e. The van der Waals surface area contributed by atoms with Gasteiger partial charge in [0, 0.05) is 23.2 Å². The molecule has 2 amide bonds. The molecule has 272 valence electrons. The average Bonchev–Trinajstić information content (AvgIpc) is 3.40. The molecule has 1 aliphatic carbocycles. The predicted octanol–water partition coefficient (Wildman–Crippen LogP) is 10.0. The summed E-state index contributed by atoms with van der Waals surface area (Å²) < 4.78 is 11.5. The maximum atomic E-state index is 13.2. The number of ether oxygens (including phenoxy) is 2. The number of imidazole rings is 2. The van der Waals surface area contributed by atoms with Gasteiger partial charge in [0.2, 0.25) is 0 Å². The van der Waals surface area contributed by atoms with Crippen LogP contribution < -0.4 is 0 Å². The van der Waals surface area contributed by atoms with E-state index in [0.717, 1.165) is 69.4 Å². The first-order valence-corrected chi connectivity index (χ1v) is 22.0. The standard InChI is InChI=1S/C40H47ClN6O4Si/c1-39(2,3)50-37(48)46-21-52(7,8)20-31(46)36-42-28-16-14-25-17-24(13-15-27(25)33(28)44-36)22-9-11-23(12-10-22)32-34(41)45-35(43-32)30-19-26-18-29(26)47(30)38(49)51-40(4,5)6/h9-17,26,29-31H,18-21H2,1-8H3,(H,42,44)(H,43,45). The van der Waals surface area contributed by atoms with Gasteiger partial charge in [-0.25, -0.2) is 19.6 Å². The van der Waals surface area contributed by atoms with Crippen LogP contribution >= 0.6 is 11.6 Å². The smallest absolute Gasteiger partial charge is 0.411 e. The summed E-state index contributed by atoms with van der Waals surface area (Å²) in [6, 6.07) is 19.7. The van der Waals surface area contributed by atoms with E-state index < -0.39 is 19.3 Å². The van der Waals surface area contributed by atoms with Crippen molar-refractivity contribution in [3.8, 4) is 22.4 Å². The number of nitrogens with zero attached hydrogens (tertiary/aromatic N) is 4. The van der Waals surface area contributed by atoms with Crippen molar-refractivity contribution in [1.29, 1.82) is 0 Å². The van der Waals surface area contributed by atoms with Crippen molar-refractivity contribution in [3.05, 3.63) is 71.4 Å². The Labute approximate surface area is 310 Å². The lowest BCUT2D eigenvalue weighted by Crippen LogP contribution is -2.39. The van der Waals surface area contributed by atoms with Gasteiger partial charge in [0.25, 0.3) is 0 Å². The molecule has 12 heteroatoms. The number of hydrogen-bond donors (Lipinski definition) is 2. The molecule has 4 heterocycles. The number of nitrogens with one attached hydrogen (secondary N) is 2. The molecular weight excluding hydrogens is 692 g/mol. The summed E-state index contributed by atoms with van der Waals surface area (Å²) in [6.07, 6.45) is 2.03. The Morgan fingerprint density at radius 1 is 0.808 bits per heavy atom. The molecule has 3 aromatic carbocycles. The number of H-pyrrole nitrogens is 2. The van der Waals surface area contributed by atoms with Gasteiger partial charge in [0.05, 0.1) is 31.2 Å². The van der Waals surface area contributed by atoms with E-state index in [1.807, 2.05) is 63.5 Å². The second kappa shape index (κ2) is 12.1. The summed E-state index contributed by atoms with van der Waals surface area (Å²) in [7, 11) is -1.65. The zero-order valence-electron chi connectivity index (χ0n) is 31.1. The maximum absolute atomic E-state index is 13.2. The molecule has 0 bridgehead atoms. The molecule has 2 saturated heterocycles. The number of aromatic amines is 2. The van der Waals surface area contributed by atoms with E-state index >= 15 is 0 Å². The highest BCUT2D eigenvalue weighted by Crippen LogP contribution is 2.54. The summed E-state index contributed by atoms with van der Waals surface area (Å²) in [4.78, 5) is 46.9. The van der Waals surface area contributed by atoms with E-state index in [2.05, 4.69) is 65.5 Å². The summed E-state index contributed by atoms with van der Waals surface area (Å²) in [6.45, 7) is 16.0. The molecule has 2 aliphatic heterocycles. The first-order valence-electron chi connectivity index (χ1n) is 18.2. The molecule has 52 heavy (non-hydrogen) atoms. The highest BCUT2D eigenvalue weighted by molar-refractivity contribution is 6.78. The van der Waals surface area contributed by atoms with Crippen LogP contribution in [0, 0.1) is 5.92 Å². The minimum Gasteiger partial charge on any atom is -0.444 e. The second-order valence-electron chi connectivity index (χ2n) is 17.6. The number of likely N-dealkylation sites (tertiary alicyclic amines) is 1. The number of carbonyl (C=O) groups is 2. The van der Waals surface area contributed by atoms with Crippen molar-refractivity contribution in [1.82, 2.24) is 29.7 Å². The molecule has 3 fully saturated rings. The number of fused-ring (bicyclic) bond motifs is 4. The monoisotopic (exact) mass is 738 g/mol. The van der Waals surface area contributed by atoms with Crippen molar-refractivity contribution in [2.75, 3.05) is 6.17 Å². The van der Waals surface area contributed by atoms with Crippen LogP contribution in [-0.2, 0) is 9.47 Å². The Morgan fingerprint density at radius 2 is 1.46 bits per heavy atom. The van der Waals surface area contributed by atoms with Crippen LogP contribution in [0.1, 0.15) is 78.1 Å². The van der Waals surface area contributed by atoms with Crippen LogP contribution in [0.3, 0.4) is 0 Å². The Hall–Kier alpha value is -4.35. The third-order valence-electron chi connectivity index (χ3n) is 10.3. The third kappa shape index (κ3) is 6.57. The molecular formula is C40H47ClN6O4Si. The molecule has 5 aromatic rings. The average molecular weight is 739 g/mol. The first kappa shape index (κ1) is 34.7. The molecule has 10 nitrogen and oxygen atoms in total. The van der Waals surface area contributed by atoms with Gasteiger partial charge in [0.1, 0.15) is 33.7 Å². The number of piperidine rings is 1. The molecule has 2 aromatic heterocycles. The Balaban J connectivity index is 1.03. The minimum atomic E-state index is -1.65. The number of aromatic nitrogens is 4. The molecule has 4 unspecified atom stereocenters. The van der Waals surface area contributed by atoms with Crippen LogP contribution in [0.25, 0.3) is 44.2 Å². The Kier molecular flexibility index (Phi) is 8.07. The highest BCUT2D eigenvalue weighted by Gasteiger charge is 2.56. The van der Waals surface area contributed by atoms with E-state index in [1.165, 1.54) is 0 Å². The minimum absolute atomic E-state index is 0.136. The zero-order chi connectivity index (χ0) is 36.9. The normalized spacial score (nSPS) is 22.6. The van der Waals surface area contributed by atoms with Gasteiger partial charge in [-0.3, -0.25) is 4.90 Å². The molecule has 1 saturated carbocycles. The Morgan fingerprint density at radius 3 is 2.17 bits per heavy atom. The fourth-order valence-electron chi connectivity index (χ4n) is 8.00. The van der Waals surface area contributed by atoms with Gasteiger partial charge in [0.15, 0.2) is 0 Å². The van der Waals surface area contributed by atoms with Crippen molar-refractivity contribution in [3.63, 3.8) is 0 Å². The quantitative estimate of drug-likeness (QED) is 0.177. The molecule has 4 atom stereocenters. The number of halogens is 1. The van der Waals surface area contributed by atoms with E-state index in [9.17, 15) is 9.59 Å². The van der Waals surface area contributed by atoms with Crippen molar-refractivity contribution in [2.45, 2.75) is 103 Å². The number of amides is 2. The predicted molar refractivity (Wildman–Crippen MR) is 207 cm³/mol. The zero-order valence-corrected chi connectivity index (χ0v) is 32.9. The van der Waals surface area contributed by atoms with Gasteiger partial charge in [-0.05, 0) is 95.0 Å². The summed E-state index contributed by atoms with van der Waals surface area (Å²) >= 11 is 6.73.